The van der Waals surface area contributed by atoms with Crippen molar-refractivity contribution in [3.8, 4) is 0 Å². The minimum atomic E-state index is -0.521. The smallest absolute Gasteiger partial charge is 0.232 e. The molecule has 0 amide bonds. The summed E-state index contributed by atoms with van der Waals surface area (Å²) in [7, 11) is 0. The van der Waals surface area contributed by atoms with E-state index < -0.39 is 22.4 Å². The van der Waals surface area contributed by atoms with Gasteiger partial charge in [-0.25, -0.2) is 0 Å². The molecule has 1 aromatic rings. The first-order valence-corrected chi connectivity index (χ1v) is 24.5. The van der Waals surface area contributed by atoms with Gasteiger partial charge in [0.05, 0.1) is 85.5 Å². The Morgan fingerprint density at radius 3 is 0.939 bits per heavy atom. The van der Waals surface area contributed by atoms with Crippen molar-refractivity contribution in [1.29, 1.82) is 0 Å². The predicted octanol–water partition coefficient (Wildman–Crippen LogP) is 5.02. The minimum absolute atomic E-state index is 0.0267. The van der Waals surface area contributed by atoms with Crippen LogP contribution >= 0.6 is 0 Å². The summed E-state index contributed by atoms with van der Waals surface area (Å²) < 4.78 is 44.4. The number of hydrogen-bond acceptors (Lipinski definition) is 18. The van der Waals surface area contributed by atoms with E-state index in [9.17, 15) is 5.11 Å². The maximum atomic E-state index is 9.67. The normalized spacial score (nSPS) is 13.4. The van der Waals surface area contributed by atoms with Crippen molar-refractivity contribution in [2.24, 2.45) is 22.9 Å². The molecule has 0 saturated heterocycles. The van der Waals surface area contributed by atoms with Gasteiger partial charge in [-0.1, -0.05) is 0 Å². The Labute approximate surface area is 401 Å². The van der Waals surface area contributed by atoms with Crippen LogP contribution in [0.1, 0.15) is 142 Å². The first-order chi connectivity index (χ1) is 30.6. The number of anilines is 3. The quantitative estimate of drug-likeness (QED) is 0.0505. The summed E-state index contributed by atoms with van der Waals surface area (Å²) in [6.45, 7) is 36.4. The average molecular weight is 945 g/mol. The third kappa shape index (κ3) is 28.4. The Balaban J connectivity index is 3.52. The van der Waals surface area contributed by atoms with E-state index in [0.29, 0.717) is 149 Å². The molecule has 0 spiro atoms. The van der Waals surface area contributed by atoms with E-state index in [1.807, 2.05) is 13.8 Å². The Morgan fingerprint density at radius 1 is 0.394 bits per heavy atom. The van der Waals surface area contributed by atoms with Gasteiger partial charge in [-0.15, -0.1) is 0 Å². The zero-order valence-corrected chi connectivity index (χ0v) is 44.3. The summed E-state index contributed by atoms with van der Waals surface area (Å²) in [4.78, 5) is 19.1. The molecule has 0 unspecified atom stereocenters. The molecule has 0 fully saturated rings. The van der Waals surface area contributed by atoms with Crippen LogP contribution in [0.3, 0.4) is 0 Å². The second-order valence-corrected chi connectivity index (χ2v) is 21.5. The lowest BCUT2D eigenvalue weighted by molar-refractivity contribution is -0.0742. The van der Waals surface area contributed by atoms with Crippen molar-refractivity contribution in [1.82, 2.24) is 15.0 Å². The third-order valence-corrected chi connectivity index (χ3v) is 11.6. The lowest BCUT2D eigenvalue weighted by atomic mass is 10.0. The molecule has 18 heteroatoms. The number of ether oxygens (including phenoxy) is 7. The van der Waals surface area contributed by atoms with Gasteiger partial charge < -0.3 is 76.3 Å². The Hall–Kier alpha value is -2.07. The van der Waals surface area contributed by atoms with Gasteiger partial charge in [0.1, 0.15) is 0 Å². The maximum Gasteiger partial charge on any atom is 0.232 e. The highest BCUT2D eigenvalue weighted by Crippen LogP contribution is 2.24. The minimum Gasteiger partial charge on any atom is -0.396 e. The summed E-state index contributed by atoms with van der Waals surface area (Å²) in [5.41, 5.74) is 20.6. The molecule has 10 N–H and O–H groups in total. The zero-order valence-electron chi connectivity index (χ0n) is 44.3. The lowest BCUT2D eigenvalue weighted by Crippen LogP contribution is -2.40. The fraction of sp³-hybridized carbons (Fsp3) is 0.938. The van der Waals surface area contributed by atoms with Crippen LogP contribution in [0.15, 0.2) is 0 Å². The van der Waals surface area contributed by atoms with Crippen molar-refractivity contribution in [2.45, 2.75) is 181 Å². The third-order valence-electron chi connectivity index (χ3n) is 11.6. The number of nitrogens with one attached hydrogen (secondary N) is 1. The SMILES string of the molecule is CC(C)(CCN)OCCC(C)(C)OCCN(CCOC(C)(C)CCO)c1nc(NCCN)nc(N(CCOC(C)(C)CCOC(C)(C)CCN)CCOC(C)(C)CCOC(C)(C)CCN)n1. The summed E-state index contributed by atoms with van der Waals surface area (Å²) in [5, 5.41) is 13.0. The largest absolute Gasteiger partial charge is 0.396 e. The van der Waals surface area contributed by atoms with E-state index in [0.717, 1.165) is 19.3 Å². The molecular weight excluding hydrogens is 845 g/mol. The van der Waals surface area contributed by atoms with E-state index >= 15 is 0 Å². The van der Waals surface area contributed by atoms with E-state index in [1.165, 1.54) is 0 Å². The number of aliphatic hydroxyl groups is 1. The lowest BCUT2D eigenvalue weighted by Gasteiger charge is -2.33. The van der Waals surface area contributed by atoms with Gasteiger partial charge in [0, 0.05) is 45.9 Å². The standard InChI is InChI=1S/C48H100N10O8/c1-42(2,15-22-49)60-32-19-46(9,10)64-36-28-57(27-35-63-45(7,8)18-31-59)40-54-39(53-26-25-52)55-41(56-40)58(29-37-65-47(11,12)20-33-61-43(3,4)16-23-50)30-38-66-48(13,14)21-34-62-44(5,6)17-24-51/h59H,15-38,49-52H2,1-14H3,(H,53,54,55,56). The zero-order chi connectivity index (χ0) is 50.1. The summed E-state index contributed by atoms with van der Waals surface area (Å²) in [6, 6.07) is 0. The van der Waals surface area contributed by atoms with Crippen LogP contribution < -0.4 is 38.1 Å². The molecule has 0 aromatic carbocycles. The van der Waals surface area contributed by atoms with E-state index in [1.54, 1.807) is 0 Å². The summed E-state index contributed by atoms with van der Waals surface area (Å²) >= 11 is 0. The van der Waals surface area contributed by atoms with E-state index in [-0.39, 0.29) is 23.4 Å². The van der Waals surface area contributed by atoms with Gasteiger partial charge in [-0.05, 0) is 162 Å². The fourth-order valence-corrected chi connectivity index (χ4v) is 6.79. The molecule has 1 rings (SSSR count). The molecular formula is C48H100N10O8. The van der Waals surface area contributed by atoms with Crippen molar-refractivity contribution in [2.75, 3.05) is 127 Å². The van der Waals surface area contributed by atoms with Crippen LogP contribution in [0.4, 0.5) is 17.8 Å². The van der Waals surface area contributed by atoms with Gasteiger partial charge in [-0.3, -0.25) is 0 Å². The highest BCUT2D eigenvalue weighted by Gasteiger charge is 2.28. The first kappa shape index (κ1) is 61.9. The van der Waals surface area contributed by atoms with Crippen LogP contribution in [0.25, 0.3) is 0 Å². The number of nitrogens with zero attached hydrogens (tertiary/aromatic N) is 5. The van der Waals surface area contributed by atoms with Crippen molar-refractivity contribution in [3.63, 3.8) is 0 Å². The molecule has 0 radical (unpaired) electrons. The molecule has 1 heterocycles. The second-order valence-electron chi connectivity index (χ2n) is 21.5. The topological polar surface area (TPSA) is 246 Å². The molecule has 0 aliphatic heterocycles. The molecule has 390 valence electrons. The molecule has 0 aliphatic carbocycles. The van der Waals surface area contributed by atoms with Gasteiger partial charge in [0.15, 0.2) is 0 Å². The molecule has 66 heavy (non-hydrogen) atoms. The molecule has 0 atom stereocenters. The predicted molar refractivity (Wildman–Crippen MR) is 269 cm³/mol. The highest BCUT2D eigenvalue weighted by atomic mass is 16.5. The van der Waals surface area contributed by atoms with Crippen LogP contribution in [0.2, 0.25) is 0 Å². The monoisotopic (exact) mass is 945 g/mol. The van der Waals surface area contributed by atoms with Crippen LogP contribution in [-0.2, 0) is 33.2 Å². The van der Waals surface area contributed by atoms with Gasteiger partial charge in [-0.2, -0.15) is 15.0 Å². The van der Waals surface area contributed by atoms with Crippen molar-refractivity contribution < 1.29 is 38.3 Å². The van der Waals surface area contributed by atoms with Gasteiger partial charge >= 0.3 is 0 Å². The highest BCUT2D eigenvalue weighted by molar-refractivity contribution is 5.45. The first-order valence-electron chi connectivity index (χ1n) is 24.5. The molecule has 0 bridgehead atoms. The van der Waals surface area contributed by atoms with E-state index in [4.69, 9.17) is 71.0 Å². The molecule has 18 nitrogen and oxygen atoms in total. The number of nitrogens with two attached hydrogens (primary N) is 4. The van der Waals surface area contributed by atoms with Gasteiger partial charge in [0.2, 0.25) is 17.8 Å². The number of rotatable bonds is 41. The maximum absolute atomic E-state index is 9.67. The van der Waals surface area contributed by atoms with Crippen LogP contribution in [-0.4, -0.2) is 171 Å². The number of aliphatic hydroxyl groups excluding tert-OH is 1. The molecule has 0 saturated carbocycles. The number of aromatic nitrogens is 3. The molecule has 0 aliphatic rings. The van der Waals surface area contributed by atoms with E-state index in [2.05, 4.69) is 98.2 Å². The van der Waals surface area contributed by atoms with Crippen LogP contribution in [0.5, 0.6) is 0 Å². The van der Waals surface area contributed by atoms with Crippen molar-refractivity contribution in [3.05, 3.63) is 0 Å². The second kappa shape index (κ2) is 29.8. The number of hydrogen-bond donors (Lipinski definition) is 6. The van der Waals surface area contributed by atoms with Crippen LogP contribution in [0, 0.1) is 0 Å². The Morgan fingerprint density at radius 2 is 0.667 bits per heavy atom. The Kier molecular flexibility index (Phi) is 28.0. The summed E-state index contributed by atoms with van der Waals surface area (Å²) in [6.07, 6.45) is 4.94. The van der Waals surface area contributed by atoms with Crippen molar-refractivity contribution >= 4 is 17.8 Å². The summed E-state index contributed by atoms with van der Waals surface area (Å²) in [5.74, 6) is 1.32. The van der Waals surface area contributed by atoms with Gasteiger partial charge in [0.25, 0.3) is 0 Å². The average Bonchev–Trinajstić information content (AvgIpc) is 3.18. The Bertz CT molecular complexity index is 1390. The fourth-order valence-electron chi connectivity index (χ4n) is 6.79. The molecule has 1 aromatic heterocycles.